The molecule has 0 aliphatic rings. The van der Waals surface area contributed by atoms with Gasteiger partial charge in [-0.05, 0) is 24.5 Å². The molecule has 6 heteroatoms. The van der Waals surface area contributed by atoms with E-state index in [0.29, 0.717) is 6.54 Å². The molecule has 1 rings (SSSR count). The van der Waals surface area contributed by atoms with E-state index in [0.717, 1.165) is 0 Å². The van der Waals surface area contributed by atoms with Crippen LogP contribution in [0.25, 0.3) is 0 Å². The van der Waals surface area contributed by atoms with Crippen LogP contribution in [0.3, 0.4) is 0 Å². The molecule has 0 fully saturated rings. The van der Waals surface area contributed by atoms with Gasteiger partial charge in [0, 0.05) is 6.54 Å². The predicted molar refractivity (Wildman–Crippen MR) is 59.3 cm³/mol. The van der Waals surface area contributed by atoms with Gasteiger partial charge in [-0.1, -0.05) is 17.7 Å². The summed E-state index contributed by atoms with van der Waals surface area (Å²) in [4.78, 5) is 11.5. The fourth-order valence-corrected chi connectivity index (χ4v) is 1.34. The van der Waals surface area contributed by atoms with Crippen molar-refractivity contribution in [1.82, 2.24) is 5.32 Å². The highest BCUT2D eigenvalue weighted by molar-refractivity contribution is 6.58. The lowest BCUT2D eigenvalue weighted by molar-refractivity contribution is 0.0956. The summed E-state index contributed by atoms with van der Waals surface area (Å²) < 4.78 is 0. The minimum Gasteiger partial charge on any atom is -0.423 e. The number of hydrogen-bond donors (Lipinski definition) is 3. The maximum atomic E-state index is 11.5. The highest BCUT2D eigenvalue weighted by atomic mass is 35.5. The number of rotatable bonds is 3. The summed E-state index contributed by atoms with van der Waals surface area (Å²) in [5, 5.41) is 20.7. The van der Waals surface area contributed by atoms with Crippen molar-refractivity contribution in [3.05, 3.63) is 28.8 Å². The quantitative estimate of drug-likeness (QED) is 0.625. The molecule has 0 atom stereocenters. The first kappa shape index (κ1) is 12.0. The van der Waals surface area contributed by atoms with Crippen LogP contribution in [0.1, 0.15) is 17.3 Å². The fraction of sp³-hybridized carbons (Fsp3) is 0.222. The second-order valence-corrected chi connectivity index (χ2v) is 3.38. The molecule has 0 radical (unpaired) electrons. The Morgan fingerprint density at radius 1 is 1.53 bits per heavy atom. The monoisotopic (exact) mass is 227 g/mol. The molecule has 0 aliphatic heterocycles. The Morgan fingerprint density at radius 2 is 2.20 bits per heavy atom. The lowest BCUT2D eigenvalue weighted by Crippen LogP contribution is -2.32. The van der Waals surface area contributed by atoms with Crippen LogP contribution in [0.5, 0.6) is 0 Å². The molecule has 3 N–H and O–H groups in total. The molecule has 1 aromatic carbocycles. The third kappa shape index (κ3) is 2.96. The molecular formula is C9H11BClNO3. The summed E-state index contributed by atoms with van der Waals surface area (Å²) in [5.74, 6) is -0.329. The SMILES string of the molecule is CCNC(=O)c1cc(B(O)O)ccc1Cl. The zero-order chi connectivity index (χ0) is 11.4. The van der Waals surface area contributed by atoms with Crippen LogP contribution in [-0.2, 0) is 0 Å². The molecule has 0 bridgehead atoms. The van der Waals surface area contributed by atoms with Crippen LogP contribution < -0.4 is 10.8 Å². The number of benzene rings is 1. The van der Waals surface area contributed by atoms with Gasteiger partial charge in [0.25, 0.3) is 5.91 Å². The molecule has 0 spiro atoms. The summed E-state index contributed by atoms with van der Waals surface area (Å²) in [7, 11) is -1.60. The number of hydrogen-bond acceptors (Lipinski definition) is 3. The number of halogens is 1. The van der Waals surface area contributed by atoms with E-state index in [1.54, 1.807) is 6.92 Å². The van der Waals surface area contributed by atoms with Crippen LogP contribution in [0.15, 0.2) is 18.2 Å². The first-order valence-corrected chi connectivity index (χ1v) is 4.87. The van der Waals surface area contributed by atoms with Gasteiger partial charge < -0.3 is 15.4 Å². The largest absolute Gasteiger partial charge is 0.488 e. The van der Waals surface area contributed by atoms with E-state index < -0.39 is 7.12 Å². The van der Waals surface area contributed by atoms with Gasteiger partial charge in [-0.3, -0.25) is 4.79 Å². The van der Waals surface area contributed by atoms with Crippen LogP contribution in [-0.4, -0.2) is 29.6 Å². The van der Waals surface area contributed by atoms with Crippen molar-refractivity contribution in [3.63, 3.8) is 0 Å². The standard InChI is InChI=1S/C9H11BClNO3/c1-2-12-9(13)7-5-6(10(14)15)3-4-8(7)11/h3-5,14-15H,2H2,1H3,(H,12,13). The van der Waals surface area contributed by atoms with Crippen molar-refractivity contribution < 1.29 is 14.8 Å². The smallest absolute Gasteiger partial charge is 0.423 e. The van der Waals surface area contributed by atoms with E-state index in [9.17, 15) is 4.79 Å². The number of carbonyl (C=O) groups is 1. The van der Waals surface area contributed by atoms with Crippen molar-refractivity contribution in [2.24, 2.45) is 0 Å². The van der Waals surface area contributed by atoms with Crippen molar-refractivity contribution >= 4 is 30.1 Å². The van der Waals surface area contributed by atoms with Crippen LogP contribution in [0, 0.1) is 0 Å². The third-order valence-electron chi connectivity index (χ3n) is 1.87. The average Bonchev–Trinajstić information content (AvgIpc) is 2.18. The Bertz CT molecular complexity index is 370. The van der Waals surface area contributed by atoms with E-state index in [1.807, 2.05) is 0 Å². The molecule has 80 valence electrons. The molecule has 0 saturated heterocycles. The van der Waals surface area contributed by atoms with E-state index in [-0.39, 0.29) is 22.0 Å². The first-order valence-electron chi connectivity index (χ1n) is 4.50. The summed E-state index contributed by atoms with van der Waals surface area (Å²) in [5.41, 5.74) is 0.477. The zero-order valence-electron chi connectivity index (χ0n) is 8.20. The van der Waals surface area contributed by atoms with Gasteiger partial charge in [0.15, 0.2) is 0 Å². The third-order valence-corrected chi connectivity index (χ3v) is 2.20. The number of nitrogens with one attached hydrogen (secondary N) is 1. The van der Waals surface area contributed by atoms with Gasteiger partial charge in [-0.25, -0.2) is 0 Å². The predicted octanol–water partition coefficient (Wildman–Crippen LogP) is -0.230. The van der Waals surface area contributed by atoms with E-state index in [1.165, 1.54) is 18.2 Å². The summed E-state index contributed by atoms with van der Waals surface area (Å²) in [6.45, 7) is 2.28. The minimum absolute atomic E-state index is 0.237. The number of amides is 1. The van der Waals surface area contributed by atoms with E-state index in [2.05, 4.69) is 5.32 Å². The maximum absolute atomic E-state index is 11.5. The molecule has 0 aliphatic carbocycles. The van der Waals surface area contributed by atoms with Gasteiger partial charge in [-0.2, -0.15) is 0 Å². The van der Waals surface area contributed by atoms with Crippen molar-refractivity contribution in [1.29, 1.82) is 0 Å². The Balaban J connectivity index is 3.05. The van der Waals surface area contributed by atoms with Gasteiger partial charge in [0.05, 0.1) is 10.6 Å². The zero-order valence-corrected chi connectivity index (χ0v) is 8.95. The van der Waals surface area contributed by atoms with Gasteiger partial charge >= 0.3 is 7.12 Å². The summed E-state index contributed by atoms with van der Waals surface area (Å²) >= 11 is 5.81. The van der Waals surface area contributed by atoms with E-state index >= 15 is 0 Å². The van der Waals surface area contributed by atoms with Crippen molar-refractivity contribution in [3.8, 4) is 0 Å². The van der Waals surface area contributed by atoms with Crippen molar-refractivity contribution in [2.75, 3.05) is 6.54 Å². The van der Waals surface area contributed by atoms with E-state index in [4.69, 9.17) is 21.6 Å². The molecular weight excluding hydrogens is 216 g/mol. The van der Waals surface area contributed by atoms with Gasteiger partial charge in [-0.15, -0.1) is 0 Å². The lowest BCUT2D eigenvalue weighted by atomic mass is 9.79. The second kappa shape index (κ2) is 5.16. The van der Waals surface area contributed by atoms with Crippen LogP contribution >= 0.6 is 11.6 Å². The second-order valence-electron chi connectivity index (χ2n) is 2.97. The molecule has 1 aromatic rings. The highest BCUT2D eigenvalue weighted by Crippen LogP contribution is 2.13. The van der Waals surface area contributed by atoms with Crippen LogP contribution in [0.4, 0.5) is 0 Å². The molecule has 0 heterocycles. The Kier molecular flexibility index (Phi) is 4.14. The lowest BCUT2D eigenvalue weighted by Gasteiger charge is -2.06. The normalized spacial score (nSPS) is 9.87. The Labute approximate surface area is 93.0 Å². The first-order chi connectivity index (χ1) is 7.06. The Morgan fingerprint density at radius 3 is 2.73 bits per heavy atom. The molecule has 4 nitrogen and oxygen atoms in total. The molecule has 15 heavy (non-hydrogen) atoms. The average molecular weight is 227 g/mol. The highest BCUT2D eigenvalue weighted by Gasteiger charge is 2.16. The Hall–Kier alpha value is -1.04. The summed E-state index contributed by atoms with van der Waals surface area (Å²) in [6.07, 6.45) is 0. The van der Waals surface area contributed by atoms with Gasteiger partial charge in [0.2, 0.25) is 0 Å². The molecule has 0 saturated carbocycles. The molecule has 0 unspecified atom stereocenters. The van der Waals surface area contributed by atoms with Crippen LogP contribution in [0.2, 0.25) is 5.02 Å². The number of carbonyl (C=O) groups excluding carboxylic acids is 1. The fourth-order valence-electron chi connectivity index (χ4n) is 1.13. The maximum Gasteiger partial charge on any atom is 0.488 e. The molecule has 0 aromatic heterocycles. The topological polar surface area (TPSA) is 69.6 Å². The van der Waals surface area contributed by atoms with Gasteiger partial charge in [0.1, 0.15) is 0 Å². The minimum atomic E-state index is -1.60. The summed E-state index contributed by atoms with van der Waals surface area (Å²) in [6, 6.07) is 4.27. The molecule has 1 amide bonds. The van der Waals surface area contributed by atoms with Crippen molar-refractivity contribution in [2.45, 2.75) is 6.92 Å².